The summed E-state index contributed by atoms with van der Waals surface area (Å²) >= 11 is 18.1. The van der Waals surface area contributed by atoms with Crippen LogP contribution in [0.15, 0.2) is 12.1 Å². The van der Waals surface area contributed by atoms with Gasteiger partial charge in [0.15, 0.2) is 0 Å². The molecule has 2 aliphatic heterocycles. The van der Waals surface area contributed by atoms with Gasteiger partial charge in [0.1, 0.15) is 0 Å². The molecule has 0 spiro atoms. The number of nitrogens with zero attached hydrogens (tertiary/aromatic N) is 2. The van der Waals surface area contributed by atoms with Crippen molar-refractivity contribution < 1.29 is 9.59 Å². The minimum Gasteiger partial charge on any atom is -0.325 e. The van der Waals surface area contributed by atoms with Gasteiger partial charge in [-0.1, -0.05) is 34.8 Å². The molecule has 0 saturated carbocycles. The van der Waals surface area contributed by atoms with Crippen molar-refractivity contribution in [2.45, 2.75) is 25.7 Å². The standard InChI is InChI=1S/C17H21Cl3N4O2/c18-12-8-13(19)15(14(20)9-12)21-22-16(25)11-4-3-7-24(10-11)17(26)23-5-1-2-6-23/h8-9,11,21H,1-7,10H2,(H,22,25). The number of nitrogens with one attached hydrogen (secondary N) is 2. The number of rotatable bonds is 3. The summed E-state index contributed by atoms with van der Waals surface area (Å²) in [5.41, 5.74) is 5.81. The molecule has 1 aromatic rings. The molecular formula is C17H21Cl3N4O2. The largest absolute Gasteiger partial charge is 0.325 e. The zero-order valence-electron chi connectivity index (χ0n) is 14.2. The second-order valence-corrected chi connectivity index (χ2v) is 7.87. The summed E-state index contributed by atoms with van der Waals surface area (Å²) in [5.74, 6) is -0.460. The van der Waals surface area contributed by atoms with Crippen LogP contribution in [0.5, 0.6) is 0 Å². The molecule has 2 fully saturated rings. The Kier molecular flexibility index (Phi) is 6.37. The Morgan fingerprint density at radius 1 is 0.962 bits per heavy atom. The number of urea groups is 1. The molecule has 0 bridgehead atoms. The zero-order valence-corrected chi connectivity index (χ0v) is 16.5. The monoisotopic (exact) mass is 418 g/mol. The highest BCUT2D eigenvalue weighted by molar-refractivity contribution is 6.41. The lowest BCUT2D eigenvalue weighted by molar-refractivity contribution is -0.125. The fraction of sp³-hybridized carbons (Fsp3) is 0.529. The molecule has 6 nitrogen and oxygen atoms in total. The van der Waals surface area contributed by atoms with Gasteiger partial charge in [0.25, 0.3) is 0 Å². The maximum absolute atomic E-state index is 12.5. The number of hydrogen-bond donors (Lipinski definition) is 2. The molecule has 3 rings (SSSR count). The minimum absolute atomic E-state index is 0.0387. The Morgan fingerprint density at radius 2 is 1.58 bits per heavy atom. The molecule has 2 heterocycles. The maximum atomic E-state index is 12.5. The molecule has 2 aliphatic rings. The van der Waals surface area contributed by atoms with Gasteiger partial charge in [-0.15, -0.1) is 0 Å². The second kappa shape index (κ2) is 8.55. The van der Waals surface area contributed by atoms with E-state index in [-0.39, 0.29) is 17.9 Å². The van der Waals surface area contributed by atoms with E-state index in [2.05, 4.69) is 10.9 Å². The molecule has 0 aromatic heterocycles. The summed E-state index contributed by atoms with van der Waals surface area (Å²) in [4.78, 5) is 28.7. The number of likely N-dealkylation sites (tertiary alicyclic amines) is 2. The smallest absolute Gasteiger partial charge is 0.320 e. The van der Waals surface area contributed by atoms with Crippen molar-refractivity contribution in [2.75, 3.05) is 31.6 Å². The van der Waals surface area contributed by atoms with E-state index >= 15 is 0 Å². The number of carbonyl (C=O) groups excluding carboxylic acids is 2. The van der Waals surface area contributed by atoms with Gasteiger partial charge in [0.05, 0.1) is 21.7 Å². The number of amides is 3. The highest BCUT2D eigenvalue weighted by Crippen LogP contribution is 2.33. The van der Waals surface area contributed by atoms with Gasteiger partial charge < -0.3 is 9.80 Å². The number of piperidine rings is 1. The number of benzene rings is 1. The Bertz CT molecular complexity index is 672. The van der Waals surface area contributed by atoms with Gasteiger partial charge in [-0.05, 0) is 37.8 Å². The summed E-state index contributed by atoms with van der Waals surface area (Å²) in [7, 11) is 0. The minimum atomic E-state index is -0.271. The van der Waals surface area contributed by atoms with Gasteiger partial charge in [-0.3, -0.25) is 15.6 Å². The molecule has 26 heavy (non-hydrogen) atoms. The topological polar surface area (TPSA) is 64.7 Å². The second-order valence-electron chi connectivity index (χ2n) is 6.62. The van der Waals surface area contributed by atoms with Crippen molar-refractivity contribution in [3.8, 4) is 0 Å². The molecule has 9 heteroatoms. The first-order valence-electron chi connectivity index (χ1n) is 8.70. The van der Waals surface area contributed by atoms with Crippen LogP contribution in [0, 0.1) is 5.92 Å². The normalized spacial score (nSPS) is 20.2. The first-order chi connectivity index (χ1) is 12.5. The van der Waals surface area contributed by atoms with Crippen molar-refractivity contribution in [2.24, 2.45) is 5.92 Å². The number of halogens is 3. The molecule has 1 aromatic carbocycles. The van der Waals surface area contributed by atoms with Gasteiger partial charge in [0.2, 0.25) is 5.91 Å². The van der Waals surface area contributed by atoms with Crippen LogP contribution in [0.4, 0.5) is 10.5 Å². The molecule has 1 unspecified atom stereocenters. The van der Waals surface area contributed by atoms with Crippen LogP contribution < -0.4 is 10.9 Å². The molecule has 3 amide bonds. The predicted octanol–water partition coefficient (Wildman–Crippen LogP) is 4.02. The van der Waals surface area contributed by atoms with Crippen LogP contribution in [0.2, 0.25) is 15.1 Å². The average molecular weight is 420 g/mol. The third kappa shape index (κ3) is 4.48. The van der Waals surface area contributed by atoms with Crippen LogP contribution >= 0.6 is 34.8 Å². The number of hydrazine groups is 1. The molecule has 2 N–H and O–H groups in total. The van der Waals surface area contributed by atoms with E-state index in [0.717, 1.165) is 38.8 Å². The highest BCUT2D eigenvalue weighted by atomic mass is 35.5. The van der Waals surface area contributed by atoms with Crippen LogP contribution in [0.3, 0.4) is 0 Å². The summed E-state index contributed by atoms with van der Waals surface area (Å²) in [6.07, 6.45) is 3.64. The van der Waals surface area contributed by atoms with Crippen LogP contribution in [0.1, 0.15) is 25.7 Å². The van der Waals surface area contributed by atoms with E-state index in [1.807, 2.05) is 4.90 Å². The van der Waals surface area contributed by atoms with Crippen molar-refractivity contribution in [3.05, 3.63) is 27.2 Å². The van der Waals surface area contributed by atoms with Crippen LogP contribution in [-0.2, 0) is 4.79 Å². The number of hydrogen-bond acceptors (Lipinski definition) is 3. The first-order valence-corrected chi connectivity index (χ1v) is 9.83. The van der Waals surface area contributed by atoms with Crippen molar-refractivity contribution in [1.82, 2.24) is 15.2 Å². The predicted molar refractivity (Wildman–Crippen MR) is 104 cm³/mol. The van der Waals surface area contributed by atoms with E-state index in [1.54, 1.807) is 17.0 Å². The van der Waals surface area contributed by atoms with Crippen molar-refractivity contribution >= 4 is 52.4 Å². The first kappa shape index (κ1) is 19.4. The SMILES string of the molecule is O=C(NNc1c(Cl)cc(Cl)cc1Cl)C1CCCN(C(=O)N2CCCC2)C1. The third-order valence-electron chi connectivity index (χ3n) is 4.76. The lowest BCUT2D eigenvalue weighted by atomic mass is 9.97. The quantitative estimate of drug-likeness (QED) is 0.727. The van der Waals surface area contributed by atoms with Gasteiger partial charge >= 0.3 is 6.03 Å². The molecule has 2 saturated heterocycles. The molecule has 1 atom stereocenters. The van der Waals surface area contributed by atoms with E-state index in [4.69, 9.17) is 34.8 Å². The summed E-state index contributed by atoms with van der Waals surface area (Å²) in [5, 5.41) is 1.05. The van der Waals surface area contributed by atoms with Crippen molar-refractivity contribution in [3.63, 3.8) is 0 Å². The van der Waals surface area contributed by atoms with Crippen molar-refractivity contribution in [1.29, 1.82) is 0 Å². The summed E-state index contributed by atoms with van der Waals surface area (Å²) in [6, 6.07) is 3.12. The Labute approximate surface area is 167 Å². The van der Waals surface area contributed by atoms with Gasteiger partial charge in [-0.25, -0.2) is 4.79 Å². The number of carbonyl (C=O) groups is 2. The third-order valence-corrected chi connectivity index (χ3v) is 5.57. The lowest BCUT2D eigenvalue weighted by Gasteiger charge is -2.34. The zero-order chi connectivity index (χ0) is 18.7. The fourth-order valence-electron chi connectivity index (χ4n) is 3.36. The van der Waals surface area contributed by atoms with E-state index in [1.165, 1.54) is 0 Å². The van der Waals surface area contributed by atoms with E-state index in [0.29, 0.717) is 33.8 Å². The molecule has 0 aliphatic carbocycles. The maximum Gasteiger partial charge on any atom is 0.320 e. The van der Waals surface area contributed by atoms with Crippen LogP contribution in [-0.4, -0.2) is 47.9 Å². The molecule has 0 radical (unpaired) electrons. The van der Waals surface area contributed by atoms with E-state index < -0.39 is 0 Å². The molecular weight excluding hydrogens is 399 g/mol. The Hall–Kier alpha value is -1.37. The number of anilines is 1. The Morgan fingerprint density at radius 3 is 2.23 bits per heavy atom. The highest BCUT2D eigenvalue weighted by Gasteiger charge is 2.31. The Balaban J connectivity index is 1.57. The van der Waals surface area contributed by atoms with Gasteiger partial charge in [0, 0.05) is 31.2 Å². The summed E-state index contributed by atoms with van der Waals surface area (Å²) < 4.78 is 0. The summed E-state index contributed by atoms with van der Waals surface area (Å²) in [6.45, 7) is 2.73. The van der Waals surface area contributed by atoms with Crippen LogP contribution in [0.25, 0.3) is 0 Å². The average Bonchev–Trinajstić information content (AvgIpc) is 3.14. The fourth-order valence-corrected chi connectivity index (χ4v) is 4.27. The van der Waals surface area contributed by atoms with E-state index in [9.17, 15) is 9.59 Å². The molecule has 142 valence electrons. The van der Waals surface area contributed by atoms with Gasteiger partial charge in [-0.2, -0.15) is 0 Å². The lowest BCUT2D eigenvalue weighted by Crippen LogP contribution is -2.50.